The smallest absolute Gasteiger partial charge is 0.124 e. The third-order valence-electron chi connectivity index (χ3n) is 5.26. The molecular weight excluding hydrogens is 344 g/mol. The number of hydrogen-bond acceptors (Lipinski definition) is 3. The number of aromatic nitrogens is 2. The zero-order valence-electron chi connectivity index (χ0n) is 15.2. The first kappa shape index (κ1) is 17.5. The van der Waals surface area contributed by atoms with E-state index < -0.39 is 0 Å². The largest absolute Gasteiger partial charge is 0.322 e. The Morgan fingerprint density at radius 3 is 2.31 bits per heavy atom. The van der Waals surface area contributed by atoms with Gasteiger partial charge in [-0.25, -0.2) is 4.98 Å². The lowest BCUT2D eigenvalue weighted by molar-refractivity contribution is 0.129. The van der Waals surface area contributed by atoms with E-state index in [2.05, 4.69) is 57.7 Å². The monoisotopic (exact) mass is 368 g/mol. The summed E-state index contributed by atoms with van der Waals surface area (Å²) in [4.78, 5) is 9.97. The van der Waals surface area contributed by atoms with Gasteiger partial charge in [-0.1, -0.05) is 42.8 Å². The number of imidazole rings is 1. The molecule has 0 N–H and O–H groups in total. The Balaban J connectivity index is 1.60. The van der Waals surface area contributed by atoms with Crippen LogP contribution < -0.4 is 0 Å². The molecular formula is C21H25ClN4. The summed E-state index contributed by atoms with van der Waals surface area (Å²) in [7, 11) is 0. The summed E-state index contributed by atoms with van der Waals surface area (Å²) in [5.41, 5.74) is 3.52. The molecule has 1 aliphatic heterocycles. The molecule has 0 bridgehead atoms. The van der Waals surface area contributed by atoms with Gasteiger partial charge in [-0.05, 0) is 36.4 Å². The second-order valence-corrected chi connectivity index (χ2v) is 7.38. The van der Waals surface area contributed by atoms with Crippen LogP contribution in [0.1, 0.15) is 18.3 Å². The maximum Gasteiger partial charge on any atom is 0.124 e. The molecule has 5 heteroatoms. The Labute approximate surface area is 160 Å². The van der Waals surface area contributed by atoms with E-state index in [4.69, 9.17) is 16.6 Å². The van der Waals surface area contributed by atoms with Crippen LogP contribution in [0.2, 0.25) is 5.02 Å². The summed E-state index contributed by atoms with van der Waals surface area (Å²) >= 11 is 6.04. The molecule has 0 aliphatic carbocycles. The van der Waals surface area contributed by atoms with E-state index in [1.807, 2.05) is 12.1 Å². The summed E-state index contributed by atoms with van der Waals surface area (Å²) in [6.45, 7) is 9.61. The van der Waals surface area contributed by atoms with Crippen LogP contribution in [0.3, 0.4) is 0 Å². The minimum atomic E-state index is 0.776. The Morgan fingerprint density at radius 1 is 0.885 bits per heavy atom. The highest BCUT2D eigenvalue weighted by Crippen LogP contribution is 2.20. The van der Waals surface area contributed by atoms with Crippen LogP contribution in [0.25, 0.3) is 11.0 Å². The van der Waals surface area contributed by atoms with Crippen LogP contribution >= 0.6 is 11.6 Å². The summed E-state index contributed by atoms with van der Waals surface area (Å²) in [5, 5.41) is 0.776. The zero-order valence-corrected chi connectivity index (χ0v) is 16.0. The molecule has 1 saturated heterocycles. The number of para-hydroxylation sites is 2. The van der Waals surface area contributed by atoms with Crippen LogP contribution in [0.4, 0.5) is 0 Å². The highest BCUT2D eigenvalue weighted by molar-refractivity contribution is 6.30. The Bertz CT molecular complexity index is 863. The van der Waals surface area contributed by atoms with Gasteiger partial charge in [0.1, 0.15) is 5.82 Å². The minimum Gasteiger partial charge on any atom is -0.322 e. The Kier molecular flexibility index (Phi) is 5.25. The SMILES string of the molecule is CCN1CCN(Cc2nc3ccccc3n2Cc2ccc(Cl)cc2)CC1. The molecule has 1 aliphatic rings. The molecule has 0 unspecified atom stereocenters. The fourth-order valence-electron chi connectivity index (χ4n) is 3.66. The van der Waals surface area contributed by atoms with Gasteiger partial charge in [-0.2, -0.15) is 0 Å². The predicted molar refractivity (Wildman–Crippen MR) is 108 cm³/mol. The van der Waals surface area contributed by atoms with Crippen LogP contribution in [0.5, 0.6) is 0 Å². The number of benzene rings is 2. The molecule has 1 fully saturated rings. The summed E-state index contributed by atoms with van der Waals surface area (Å²) < 4.78 is 2.35. The molecule has 26 heavy (non-hydrogen) atoms. The van der Waals surface area contributed by atoms with Crippen LogP contribution in [-0.2, 0) is 13.1 Å². The van der Waals surface area contributed by atoms with Crippen molar-refractivity contribution in [2.24, 2.45) is 0 Å². The van der Waals surface area contributed by atoms with E-state index in [9.17, 15) is 0 Å². The van der Waals surface area contributed by atoms with Gasteiger partial charge in [-0.3, -0.25) is 4.90 Å². The molecule has 0 spiro atoms. The van der Waals surface area contributed by atoms with Crippen molar-refractivity contribution in [3.05, 3.63) is 64.9 Å². The van der Waals surface area contributed by atoms with Crippen molar-refractivity contribution in [3.63, 3.8) is 0 Å². The van der Waals surface area contributed by atoms with Gasteiger partial charge in [-0.15, -0.1) is 0 Å². The van der Waals surface area contributed by atoms with Gasteiger partial charge >= 0.3 is 0 Å². The third-order valence-corrected chi connectivity index (χ3v) is 5.52. The number of fused-ring (bicyclic) bond motifs is 1. The molecule has 0 amide bonds. The van der Waals surface area contributed by atoms with Crippen molar-refractivity contribution in [1.29, 1.82) is 0 Å². The third kappa shape index (κ3) is 3.78. The van der Waals surface area contributed by atoms with Crippen molar-refractivity contribution in [2.45, 2.75) is 20.0 Å². The first-order chi connectivity index (χ1) is 12.7. The lowest BCUT2D eigenvalue weighted by atomic mass is 10.2. The van der Waals surface area contributed by atoms with Gasteiger partial charge in [0.2, 0.25) is 0 Å². The van der Waals surface area contributed by atoms with Crippen LogP contribution in [0.15, 0.2) is 48.5 Å². The lowest BCUT2D eigenvalue weighted by Crippen LogP contribution is -2.45. The van der Waals surface area contributed by atoms with Gasteiger partial charge in [0.05, 0.1) is 17.6 Å². The summed E-state index contributed by atoms with van der Waals surface area (Å²) in [5.74, 6) is 1.14. The van der Waals surface area contributed by atoms with E-state index in [1.54, 1.807) is 0 Å². The molecule has 4 rings (SSSR count). The average Bonchev–Trinajstić information content (AvgIpc) is 3.01. The Morgan fingerprint density at radius 2 is 1.58 bits per heavy atom. The van der Waals surface area contributed by atoms with E-state index in [0.29, 0.717) is 0 Å². The van der Waals surface area contributed by atoms with Crippen molar-refractivity contribution < 1.29 is 0 Å². The maximum absolute atomic E-state index is 6.04. The number of halogens is 1. The highest BCUT2D eigenvalue weighted by Gasteiger charge is 2.19. The molecule has 2 aromatic carbocycles. The predicted octanol–water partition coefficient (Wildman–Crippen LogP) is 3.88. The number of rotatable bonds is 5. The number of likely N-dealkylation sites (N-methyl/N-ethyl adjacent to an activating group) is 1. The van der Waals surface area contributed by atoms with E-state index in [-0.39, 0.29) is 0 Å². The average molecular weight is 369 g/mol. The van der Waals surface area contributed by atoms with Gasteiger partial charge in [0.25, 0.3) is 0 Å². The first-order valence-electron chi connectivity index (χ1n) is 9.36. The molecule has 0 radical (unpaired) electrons. The van der Waals surface area contributed by atoms with E-state index >= 15 is 0 Å². The van der Waals surface area contributed by atoms with Crippen molar-refractivity contribution in [3.8, 4) is 0 Å². The van der Waals surface area contributed by atoms with Gasteiger partial charge in [0.15, 0.2) is 0 Å². The van der Waals surface area contributed by atoms with Crippen molar-refractivity contribution >= 4 is 22.6 Å². The highest BCUT2D eigenvalue weighted by atomic mass is 35.5. The lowest BCUT2D eigenvalue weighted by Gasteiger charge is -2.33. The topological polar surface area (TPSA) is 24.3 Å². The molecule has 0 atom stereocenters. The number of hydrogen-bond donors (Lipinski definition) is 0. The maximum atomic E-state index is 6.04. The standard InChI is InChI=1S/C21H25ClN4/c1-2-24-11-13-25(14-12-24)16-21-23-19-5-3-4-6-20(19)26(21)15-17-7-9-18(22)10-8-17/h3-10H,2,11-16H2,1H3. The number of piperazine rings is 1. The molecule has 3 aromatic rings. The van der Waals surface area contributed by atoms with Crippen molar-refractivity contribution in [2.75, 3.05) is 32.7 Å². The first-order valence-corrected chi connectivity index (χ1v) is 9.74. The number of nitrogens with zero attached hydrogens (tertiary/aromatic N) is 4. The summed E-state index contributed by atoms with van der Waals surface area (Å²) in [6.07, 6.45) is 0. The fraction of sp³-hybridized carbons (Fsp3) is 0.381. The second kappa shape index (κ2) is 7.78. The molecule has 0 saturated carbocycles. The Hall–Kier alpha value is -1.88. The van der Waals surface area contributed by atoms with E-state index in [0.717, 1.165) is 62.2 Å². The van der Waals surface area contributed by atoms with Crippen LogP contribution in [-0.4, -0.2) is 52.1 Å². The van der Waals surface area contributed by atoms with Crippen LogP contribution in [0, 0.1) is 0 Å². The quantitative estimate of drug-likeness (QED) is 0.683. The minimum absolute atomic E-state index is 0.776. The van der Waals surface area contributed by atoms with Crippen molar-refractivity contribution in [1.82, 2.24) is 19.4 Å². The molecule has 1 aromatic heterocycles. The molecule has 4 nitrogen and oxygen atoms in total. The summed E-state index contributed by atoms with van der Waals surface area (Å²) in [6, 6.07) is 16.5. The van der Waals surface area contributed by atoms with Gasteiger partial charge < -0.3 is 9.47 Å². The second-order valence-electron chi connectivity index (χ2n) is 6.94. The van der Waals surface area contributed by atoms with Gasteiger partial charge in [0, 0.05) is 37.7 Å². The molecule has 136 valence electrons. The normalized spacial score (nSPS) is 16.4. The van der Waals surface area contributed by atoms with E-state index in [1.165, 1.54) is 11.1 Å². The fourth-order valence-corrected chi connectivity index (χ4v) is 3.78. The molecule has 2 heterocycles. The zero-order chi connectivity index (χ0) is 17.9.